The fraction of sp³-hybridized carbons (Fsp3) is 0.733. The van der Waals surface area contributed by atoms with Crippen LogP contribution in [-0.4, -0.2) is 35.4 Å². The summed E-state index contributed by atoms with van der Waals surface area (Å²) in [6.07, 6.45) is 3.67. The van der Waals surface area contributed by atoms with Gasteiger partial charge in [-0.05, 0) is 51.5 Å². The maximum Gasteiger partial charge on any atom is 0.191 e. The van der Waals surface area contributed by atoms with E-state index in [9.17, 15) is 0 Å². The second-order valence-electron chi connectivity index (χ2n) is 5.61. The Morgan fingerprint density at radius 2 is 2.10 bits per heavy atom. The predicted molar refractivity (Wildman–Crippen MR) is 83.1 cm³/mol. The van der Waals surface area contributed by atoms with Crippen LogP contribution in [-0.2, 0) is 13.5 Å². The van der Waals surface area contributed by atoms with Crippen molar-refractivity contribution in [3.05, 3.63) is 17.0 Å². The molecule has 5 heteroatoms. The largest absolute Gasteiger partial charge is 0.357 e. The van der Waals surface area contributed by atoms with Gasteiger partial charge in [0.25, 0.3) is 0 Å². The predicted octanol–water partition coefficient (Wildman–Crippen LogP) is 1.54. The van der Waals surface area contributed by atoms with Gasteiger partial charge in [-0.25, -0.2) is 0 Å². The highest BCUT2D eigenvalue weighted by molar-refractivity contribution is 5.79. The van der Waals surface area contributed by atoms with Crippen molar-refractivity contribution < 1.29 is 0 Å². The second kappa shape index (κ2) is 6.77. The van der Waals surface area contributed by atoms with Gasteiger partial charge in [0.1, 0.15) is 0 Å². The van der Waals surface area contributed by atoms with E-state index in [-0.39, 0.29) is 0 Å². The van der Waals surface area contributed by atoms with Crippen molar-refractivity contribution in [1.29, 1.82) is 0 Å². The molecular weight excluding hydrogens is 250 g/mol. The van der Waals surface area contributed by atoms with E-state index in [4.69, 9.17) is 0 Å². The fourth-order valence-electron chi connectivity index (χ4n) is 2.35. The highest BCUT2D eigenvalue weighted by Crippen LogP contribution is 2.28. The van der Waals surface area contributed by atoms with Crippen molar-refractivity contribution in [3.63, 3.8) is 0 Å². The van der Waals surface area contributed by atoms with Crippen molar-refractivity contribution in [1.82, 2.24) is 20.4 Å². The van der Waals surface area contributed by atoms with Crippen LogP contribution < -0.4 is 10.6 Å². The Morgan fingerprint density at radius 3 is 2.65 bits per heavy atom. The highest BCUT2D eigenvalue weighted by atomic mass is 15.3. The van der Waals surface area contributed by atoms with Crippen molar-refractivity contribution >= 4 is 5.96 Å². The number of guanidine groups is 1. The number of aromatic nitrogens is 2. The standard InChI is InChI=1S/C15H27N5/c1-5-16-15(18-10-13-6-7-13)17-9-8-14-11(2)19-20(4)12(14)3/h13H,5-10H2,1-4H3,(H2,16,17,18). The minimum absolute atomic E-state index is 0.827. The number of aliphatic imine (C=N–C) groups is 1. The average Bonchev–Trinajstić information content (AvgIpc) is 3.20. The van der Waals surface area contributed by atoms with Crippen LogP contribution in [0.4, 0.5) is 0 Å². The van der Waals surface area contributed by atoms with Gasteiger partial charge in [-0.1, -0.05) is 0 Å². The highest BCUT2D eigenvalue weighted by Gasteiger charge is 2.20. The van der Waals surface area contributed by atoms with Crippen LogP contribution in [0.1, 0.15) is 36.7 Å². The number of hydrogen-bond acceptors (Lipinski definition) is 2. The molecule has 1 aliphatic carbocycles. The molecule has 0 bridgehead atoms. The van der Waals surface area contributed by atoms with E-state index in [1.807, 2.05) is 11.7 Å². The van der Waals surface area contributed by atoms with E-state index in [0.29, 0.717) is 0 Å². The zero-order chi connectivity index (χ0) is 14.5. The van der Waals surface area contributed by atoms with E-state index >= 15 is 0 Å². The Kier molecular flexibility index (Phi) is 5.04. The normalized spacial score (nSPS) is 15.5. The van der Waals surface area contributed by atoms with E-state index in [0.717, 1.165) is 43.6 Å². The van der Waals surface area contributed by atoms with Crippen molar-refractivity contribution in [3.8, 4) is 0 Å². The van der Waals surface area contributed by atoms with Crippen LogP contribution in [0.15, 0.2) is 4.99 Å². The van der Waals surface area contributed by atoms with Crippen LogP contribution >= 0.6 is 0 Å². The molecule has 1 aliphatic rings. The fourth-order valence-corrected chi connectivity index (χ4v) is 2.35. The molecule has 1 saturated carbocycles. The third kappa shape index (κ3) is 3.99. The minimum atomic E-state index is 0.827. The number of aryl methyl sites for hydroxylation is 2. The summed E-state index contributed by atoms with van der Waals surface area (Å²) in [4.78, 5) is 4.63. The van der Waals surface area contributed by atoms with Gasteiger partial charge in [-0.2, -0.15) is 5.10 Å². The quantitative estimate of drug-likeness (QED) is 0.613. The lowest BCUT2D eigenvalue weighted by atomic mass is 10.1. The molecule has 1 fully saturated rings. The van der Waals surface area contributed by atoms with Crippen molar-refractivity contribution in [2.75, 3.05) is 19.6 Å². The maximum atomic E-state index is 4.63. The summed E-state index contributed by atoms with van der Waals surface area (Å²) < 4.78 is 1.96. The third-order valence-electron chi connectivity index (χ3n) is 3.88. The third-order valence-corrected chi connectivity index (χ3v) is 3.88. The molecule has 0 radical (unpaired) electrons. The zero-order valence-corrected chi connectivity index (χ0v) is 13.2. The molecule has 0 atom stereocenters. The molecule has 1 aromatic heterocycles. The lowest BCUT2D eigenvalue weighted by molar-refractivity contribution is 0.728. The van der Waals surface area contributed by atoms with Gasteiger partial charge in [0.15, 0.2) is 5.96 Å². The zero-order valence-electron chi connectivity index (χ0n) is 13.2. The molecule has 5 nitrogen and oxygen atoms in total. The van der Waals surface area contributed by atoms with Crippen LogP contribution in [0.3, 0.4) is 0 Å². The smallest absolute Gasteiger partial charge is 0.191 e. The average molecular weight is 277 g/mol. The minimum Gasteiger partial charge on any atom is -0.357 e. The second-order valence-corrected chi connectivity index (χ2v) is 5.61. The SMILES string of the molecule is CCNC(=NCC1CC1)NCCc1c(C)nn(C)c1C. The molecule has 0 spiro atoms. The van der Waals surface area contributed by atoms with E-state index in [1.165, 1.54) is 24.1 Å². The monoisotopic (exact) mass is 277 g/mol. The molecule has 2 N–H and O–H groups in total. The summed E-state index contributed by atoms with van der Waals surface area (Å²) in [5.74, 6) is 1.77. The van der Waals surface area contributed by atoms with E-state index in [1.54, 1.807) is 0 Å². The Hall–Kier alpha value is -1.52. The first kappa shape index (κ1) is 14.9. The molecule has 20 heavy (non-hydrogen) atoms. The van der Waals surface area contributed by atoms with Crippen LogP contribution in [0.25, 0.3) is 0 Å². The molecule has 2 rings (SSSR count). The first-order valence-electron chi connectivity index (χ1n) is 7.63. The summed E-state index contributed by atoms with van der Waals surface area (Å²) in [7, 11) is 2.00. The molecule has 0 amide bonds. The van der Waals surface area contributed by atoms with Gasteiger partial charge in [0.2, 0.25) is 0 Å². The Balaban J connectivity index is 1.84. The first-order chi connectivity index (χ1) is 9.61. The summed E-state index contributed by atoms with van der Waals surface area (Å²) in [6, 6.07) is 0. The molecule has 0 aliphatic heterocycles. The molecule has 1 heterocycles. The molecule has 0 unspecified atom stereocenters. The van der Waals surface area contributed by atoms with Crippen LogP contribution in [0.5, 0.6) is 0 Å². The molecule has 0 aromatic carbocycles. The topological polar surface area (TPSA) is 54.2 Å². The molecular formula is C15H27N5. The Labute approximate surface area is 121 Å². The summed E-state index contributed by atoms with van der Waals surface area (Å²) in [5, 5.41) is 11.2. The van der Waals surface area contributed by atoms with Crippen LogP contribution in [0, 0.1) is 19.8 Å². The van der Waals surface area contributed by atoms with Gasteiger partial charge in [-0.15, -0.1) is 0 Å². The number of nitrogens with zero attached hydrogens (tertiary/aromatic N) is 3. The summed E-state index contributed by atoms with van der Waals surface area (Å²) in [5.41, 5.74) is 3.73. The van der Waals surface area contributed by atoms with E-state index in [2.05, 4.69) is 41.5 Å². The number of hydrogen-bond donors (Lipinski definition) is 2. The number of rotatable bonds is 6. The van der Waals surface area contributed by atoms with Gasteiger partial charge in [0, 0.05) is 32.4 Å². The Bertz CT molecular complexity index is 471. The molecule has 0 saturated heterocycles. The molecule has 112 valence electrons. The maximum absolute atomic E-state index is 4.63. The summed E-state index contributed by atoms with van der Waals surface area (Å²) in [6.45, 7) is 9.06. The lowest BCUT2D eigenvalue weighted by Crippen LogP contribution is -2.38. The van der Waals surface area contributed by atoms with Gasteiger partial charge in [-0.3, -0.25) is 9.67 Å². The van der Waals surface area contributed by atoms with Gasteiger partial charge >= 0.3 is 0 Å². The first-order valence-corrected chi connectivity index (χ1v) is 7.63. The van der Waals surface area contributed by atoms with Crippen molar-refractivity contribution in [2.24, 2.45) is 18.0 Å². The van der Waals surface area contributed by atoms with Crippen LogP contribution in [0.2, 0.25) is 0 Å². The lowest BCUT2D eigenvalue weighted by Gasteiger charge is -2.11. The van der Waals surface area contributed by atoms with Crippen molar-refractivity contribution in [2.45, 2.75) is 40.0 Å². The number of nitrogens with one attached hydrogen (secondary N) is 2. The Morgan fingerprint density at radius 1 is 1.35 bits per heavy atom. The van der Waals surface area contributed by atoms with E-state index < -0.39 is 0 Å². The van der Waals surface area contributed by atoms with Gasteiger partial charge in [0.05, 0.1) is 5.69 Å². The summed E-state index contributed by atoms with van der Waals surface area (Å²) >= 11 is 0. The molecule has 1 aromatic rings. The van der Waals surface area contributed by atoms with Gasteiger partial charge < -0.3 is 10.6 Å².